The second-order valence-corrected chi connectivity index (χ2v) is 6.75. The van der Waals surface area contributed by atoms with Crippen molar-refractivity contribution < 1.29 is 14.6 Å². The predicted octanol–water partition coefficient (Wildman–Crippen LogP) is 3.42. The Labute approximate surface area is 121 Å². The first-order valence-corrected chi connectivity index (χ1v) is 7.32. The Morgan fingerprint density at radius 2 is 1.85 bits per heavy atom. The van der Waals surface area contributed by atoms with E-state index in [0.717, 1.165) is 12.8 Å². The lowest BCUT2D eigenvalue weighted by molar-refractivity contribution is -0.0603. The van der Waals surface area contributed by atoms with Gasteiger partial charge in [0.2, 0.25) is 0 Å². The highest BCUT2D eigenvalue weighted by molar-refractivity contribution is 5.89. The molecule has 3 atom stereocenters. The average Bonchev–Trinajstić information content (AvgIpc) is 2.41. The highest BCUT2D eigenvalue weighted by atomic mass is 16.6. The molecule has 2 rings (SSSR count). The number of benzene rings is 1. The Morgan fingerprint density at radius 3 is 2.45 bits per heavy atom. The van der Waals surface area contributed by atoms with Gasteiger partial charge in [-0.05, 0) is 42.7 Å². The van der Waals surface area contributed by atoms with Crippen LogP contribution in [-0.2, 0) is 4.74 Å². The summed E-state index contributed by atoms with van der Waals surface area (Å²) in [6.45, 7) is 6.60. The van der Waals surface area contributed by atoms with Crippen LogP contribution in [-0.4, -0.2) is 23.3 Å². The Hall–Kier alpha value is -1.35. The molecule has 1 N–H and O–H groups in total. The summed E-state index contributed by atoms with van der Waals surface area (Å²) in [5, 5.41) is 10.1. The van der Waals surface area contributed by atoms with Gasteiger partial charge in [0.25, 0.3) is 0 Å². The van der Waals surface area contributed by atoms with Crippen molar-refractivity contribution in [1.29, 1.82) is 0 Å². The number of esters is 1. The van der Waals surface area contributed by atoms with E-state index < -0.39 is 6.10 Å². The van der Waals surface area contributed by atoms with Gasteiger partial charge in [0, 0.05) is 0 Å². The van der Waals surface area contributed by atoms with E-state index in [0.29, 0.717) is 17.9 Å². The largest absolute Gasteiger partial charge is 0.456 e. The molecule has 0 amide bonds. The second kappa shape index (κ2) is 5.96. The zero-order valence-corrected chi connectivity index (χ0v) is 12.5. The van der Waals surface area contributed by atoms with E-state index in [1.807, 2.05) is 18.2 Å². The molecule has 0 bridgehead atoms. The van der Waals surface area contributed by atoms with E-state index in [2.05, 4.69) is 20.8 Å². The molecule has 1 saturated carbocycles. The van der Waals surface area contributed by atoms with Crippen LogP contribution in [0.25, 0.3) is 0 Å². The second-order valence-electron chi connectivity index (χ2n) is 6.75. The number of carbonyl (C=O) groups excluding carboxylic acids is 1. The molecule has 1 aliphatic rings. The van der Waals surface area contributed by atoms with Crippen LogP contribution >= 0.6 is 0 Å². The lowest BCUT2D eigenvalue weighted by atomic mass is 9.71. The van der Waals surface area contributed by atoms with Crippen molar-refractivity contribution in [3.8, 4) is 0 Å². The minimum Gasteiger partial charge on any atom is -0.456 e. The monoisotopic (exact) mass is 276 g/mol. The van der Waals surface area contributed by atoms with Crippen molar-refractivity contribution >= 4 is 5.97 Å². The standard InChI is InChI=1S/C17H24O3/c1-17(2,3)13-9-10-14(18)15(11-13)20-16(19)12-7-5-4-6-8-12/h4-8,13-15,18H,9-11H2,1-3H3/t13-,14-,15-/m1/s1. The third-order valence-electron chi connectivity index (χ3n) is 4.25. The van der Waals surface area contributed by atoms with Crippen LogP contribution in [0.5, 0.6) is 0 Å². The number of hydrogen-bond acceptors (Lipinski definition) is 3. The zero-order chi connectivity index (χ0) is 14.8. The minimum absolute atomic E-state index is 0.178. The molecular formula is C17H24O3. The molecule has 3 heteroatoms. The summed E-state index contributed by atoms with van der Waals surface area (Å²) in [6.07, 6.45) is 1.50. The molecule has 0 unspecified atom stereocenters. The van der Waals surface area contributed by atoms with Crippen molar-refractivity contribution in [2.75, 3.05) is 0 Å². The highest BCUT2D eigenvalue weighted by Gasteiger charge is 2.37. The summed E-state index contributed by atoms with van der Waals surface area (Å²) in [7, 11) is 0. The summed E-state index contributed by atoms with van der Waals surface area (Å²) in [5.74, 6) is 0.128. The van der Waals surface area contributed by atoms with Crippen LogP contribution < -0.4 is 0 Å². The van der Waals surface area contributed by atoms with Gasteiger partial charge in [-0.3, -0.25) is 0 Å². The van der Waals surface area contributed by atoms with E-state index in [4.69, 9.17) is 4.74 Å². The van der Waals surface area contributed by atoms with Crippen molar-refractivity contribution in [1.82, 2.24) is 0 Å². The predicted molar refractivity (Wildman–Crippen MR) is 78.4 cm³/mol. The lowest BCUT2D eigenvalue weighted by Crippen LogP contribution is -2.40. The van der Waals surface area contributed by atoms with Crippen LogP contribution in [0, 0.1) is 11.3 Å². The number of carbonyl (C=O) groups is 1. The highest BCUT2D eigenvalue weighted by Crippen LogP contribution is 2.39. The van der Waals surface area contributed by atoms with Crippen molar-refractivity contribution in [3.63, 3.8) is 0 Å². The van der Waals surface area contributed by atoms with Gasteiger partial charge in [-0.15, -0.1) is 0 Å². The Kier molecular flexibility index (Phi) is 4.48. The Morgan fingerprint density at radius 1 is 1.20 bits per heavy atom. The third kappa shape index (κ3) is 3.60. The SMILES string of the molecule is CC(C)(C)[C@@H]1CC[C@@H](O)[C@H](OC(=O)c2ccccc2)C1. The van der Waals surface area contributed by atoms with E-state index >= 15 is 0 Å². The molecule has 1 fully saturated rings. The van der Waals surface area contributed by atoms with Gasteiger partial charge in [0.05, 0.1) is 11.7 Å². The molecule has 0 heterocycles. The molecule has 0 aliphatic heterocycles. The van der Waals surface area contributed by atoms with Gasteiger partial charge in [0.15, 0.2) is 0 Å². The van der Waals surface area contributed by atoms with Crippen LogP contribution in [0.1, 0.15) is 50.4 Å². The van der Waals surface area contributed by atoms with Crippen LogP contribution in [0.2, 0.25) is 0 Å². The molecule has 0 saturated heterocycles. The van der Waals surface area contributed by atoms with Crippen molar-refractivity contribution in [3.05, 3.63) is 35.9 Å². The first-order valence-electron chi connectivity index (χ1n) is 7.32. The quantitative estimate of drug-likeness (QED) is 0.842. The van der Waals surface area contributed by atoms with Crippen molar-refractivity contribution in [2.45, 2.75) is 52.2 Å². The molecule has 3 nitrogen and oxygen atoms in total. The molecule has 0 aromatic heterocycles. The van der Waals surface area contributed by atoms with Crippen LogP contribution in [0.4, 0.5) is 0 Å². The maximum atomic E-state index is 12.1. The smallest absolute Gasteiger partial charge is 0.338 e. The summed E-state index contributed by atoms with van der Waals surface area (Å²) in [6, 6.07) is 8.96. The van der Waals surface area contributed by atoms with E-state index in [1.54, 1.807) is 12.1 Å². The molecule has 0 spiro atoms. The summed E-state index contributed by atoms with van der Waals surface area (Å²) >= 11 is 0. The maximum Gasteiger partial charge on any atom is 0.338 e. The van der Waals surface area contributed by atoms with Gasteiger partial charge in [0.1, 0.15) is 6.10 Å². The Balaban J connectivity index is 2.02. The molecule has 110 valence electrons. The van der Waals surface area contributed by atoms with Crippen LogP contribution in [0.15, 0.2) is 30.3 Å². The summed E-state index contributed by atoms with van der Waals surface area (Å²) in [4.78, 5) is 12.1. The normalized spacial score (nSPS) is 27.1. The lowest BCUT2D eigenvalue weighted by Gasteiger charge is -2.39. The summed E-state index contributed by atoms with van der Waals surface area (Å²) in [5.41, 5.74) is 0.718. The molecule has 1 aliphatic carbocycles. The topological polar surface area (TPSA) is 46.5 Å². The fourth-order valence-corrected chi connectivity index (χ4v) is 2.81. The van der Waals surface area contributed by atoms with Crippen LogP contribution in [0.3, 0.4) is 0 Å². The van der Waals surface area contributed by atoms with E-state index in [9.17, 15) is 9.90 Å². The number of aliphatic hydroxyl groups excluding tert-OH is 1. The van der Waals surface area contributed by atoms with Gasteiger partial charge >= 0.3 is 5.97 Å². The third-order valence-corrected chi connectivity index (χ3v) is 4.25. The number of ether oxygens (including phenoxy) is 1. The van der Waals surface area contributed by atoms with E-state index in [-0.39, 0.29) is 17.5 Å². The molecular weight excluding hydrogens is 252 g/mol. The molecule has 0 radical (unpaired) electrons. The first-order chi connectivity index (χ1) is 9.38. The van der Waals surface area contributed by atoms with Gasteiger partial charge in [-0.25, -0.2) is 4.79 Å². The average molecular weight is 276 g/mol. The molecule has 1 aromatic rings. The van der Waals surface area contributed by atoms with E-state index in [1.165, 1.54) is 0 Å². The molecule has 20 heavy (non-hydrogen) atoms. The first kappa shape index (κ1) is 15.0. The van der Waals surface area contributed by atoms with Gasteiger partial charge in [-0.1, -0.05) is 39.0 Å². The van der Waals surface area contributed by atoms with Gasteiger partial charge < -0.3 is 9.84 Å². The number of aliphatic hydroxyl groups is 1. The fourth-order valence-electron chi connectivity index (χ4n) is 2.81. The summed E-state index contributed by atoms with van der Waals surface area (Å²) < 4.78 is 5.53. The minimum atomic E-state index is -0.540. The number of rotatable bonds is 2. The maximum absolute atomic E-state index is 12.1. The fraction of sp³-hybridized carbons (Fsp3) is 0.588. The van der Waals surface area contributed by atoms with Crippen molar-refractivity contribution in [2.24, 2.45) is 11.3 Å². The Bertz CT molecular complexity index is 447. The zero-order valence-electron chi connectivity index (χ0n) is 12.5. The van der Waals surface area contributed by atoms with Gasteiger partial charge in [-0.2, -0.15) is 0 Å². The number of hydrogen-bond donors (Lipinski definition) is 1. The molecule has 1 aromatic carbocycles.